The largest absolute Gasteiger partial charge is 0.348 e. The quantitative estimate of drug-likeness (QED) is 0.832. The summed E-state index contributed by atoms with van der Waals surface area (Å²) in [5.74, 6) is -0.258. The van der Waals surface area contributed by atoms with E-state index in [2.05, 4.69) is 10.6 Å². The first-order valence-electron chi connectivity index (χ1n) is 6.92. The molecule has 0 atom stereocenters. The Kier molecular flexibility index (Phi) is 5.49. The minimum absolute atomic E-state index is 0.115. The molecule has 0 radical (unpaired) electrons. The topological polar surface area (TPSA) is 58.2 Å². The first kappa shape index (κ1) is 16.0. The molecule has 22 heavy (non-hydrogen) atoms. The van der Waals surface area contributed by atoms with E-state index >= 15 is 0 Å². The Hall–Kier alpha value is -2.40. The van der Waals surface area contributed by atoms with Crippen molar-refractivity contribution in [2.24, 2.45) is 0 Å². The van der Waals surface area contributed by atoms with Crippen LogP contribution >= 0.6 is 11.3 Å². The standard InChI is InChI=1S/C17H18N2O2S/c1-12-6-7-16(22-12)8-9-17(21)18-11-14-4-3-5-15(10-14)19-13(2)20/h3-10H,11H2,1-2H3,(H,18,21)(H,19,20)/b9-8+. The molecule has 114 valence electrons. The van der Waals surface area contributed by atoms with Crippen LogP contribution in [0.5, 0.6) is 0 Å². The molecule has 0 bridgehead atoms. The SMILES string of the molecule is CC(=O)Nc1cccc(CNC(=O)/C=C/c2ccc(C)s2)c1. The normalized spacial score (nSPS) is 10.6. The van der Waals surface area contributed by atoms with E-state index in [4.69, 9.17) is 0 Å². The number of hydrogen-bond acceptors (Lipinski definition) is 3. The van der Waals surface area contributed by atoms with Crippen molar-refractivity contribution in [3.05, 3.63) is 57.8 Å². The van der Waals surface area contributed by atoms with E-state index in [0.29, 0.717) is 6.54 Å². The Morgan fingerprint density at radius 1 is 1.23 bits per heavy atom. The lowest BCUT2D eigenvalue weighted by Crippen LogP contribution is -2.20. The number of carbonyl (C=O) groups excluding carboxylic acids is 2. The van der Waals surface area contributed by atoms with Crippen molar-refractivity contribution in [1.29, 1.82) is 0 Å². The lowest BCUT2D eigenvalue weighted by Gasteiger charge is -2.06. The van der Waals surface area contributed by atoms with Gasteiger partial charge in [-0.25, -0.2) is 0 Å². The molecule has 2 amide bonds. The van der Waals surface area contributed by atoms with Crippen molar-refractivity contribution in [3.8, 4) is 0 Å². The first-order valence-corrected chi connectivity index (χ1v) is 7.73. The fourth-order valence-corrected chi connectivity index (χ4v) is 2.69. The second-order valence-corrected chi connectivity index (χ2v) is 6.20. The summed E-state index contributed by atoms with van der Waals surface area (Å²) >= 11 is 1.64. The van der Waals surface area contributed by atoms with Crippen molar-refractivity contribution in [3.63, 3.8) is 0 Å². The number of nitrogens with one attached hydrogen (secondary N) is 2. The molecule has 1 aromatic heterocycles. The highest BCUT2D eigenvalue weighted by molar-refractivity contribution is 7.12. The van der Waals surface area contributed by atoms with Crippen LogP contribution in [0.25, 0.3) is 6.08 Å². The van der Waals surface area contributed by atoms with Gasteiger partial charge in [0.25, 0.3) is 0 Å². The number of carbonyl (C=O) groups is 2. The number of rotatable bonds is 5. The van der Waals surface area contributed by atoms with Gasteiger partial charge >= 0.3 is 0 Å². The molecule has 2 rings (SSSR count). The Labute approximate surface area is 133 Å². The van der Waals surface area contributed by atoms with Gasteiger partial charge in [-0.2, -0.15) is 0 Å². The van der Waals surface area contributed by atoms with Gasteiger partial charge in [0.15, 0.2) is 0 Å². The minimum atomic E-state index is -0.143. The van der Waals surface area contributed by atoms with Crippen LogP contribution in [0.2, 0.25) is 0 Å². The highest BCUT2D eigenvalue weighted by Crippen LogP contribution is 2.16. The summed E-state index contributed by atoms with van der Waals surface area (Å²) in [5.41, 5.74) is 1.66. The molecule has 0 saturated heterocycles. The van der Waals surface area contributed by atoms with Crippen molar-refractivity contribution >= 4 is 34.9 Å². The molecular weight excluding hydrogens is 296 g/mol. The van der Waals surface area contributed by atoms with Crippen molar-refractivity contribution in [2.75, 3.05) is 5.32 Å². The van der Waals surface area contributed by atoms with Gasteiger partial charge in [0, 0.05) is 35.0 Å². The molecule has 2 aromatic rings. The van der Waals surface area contributed by atoms with Crippen LogP contribution in [0.4, 0.5) is 5.69 Å². The monoisotopic (exact) mass is 314 g/mol. The number of hydrogen-bond donors (Lipinski definition) is 2. The molecule has 0 saturated carbocycles. The zero-order chi connectivity index (χ0) is 15.9. The second-order valence-electron chi connectivity index (χ2n) is 4.88. The molecular formula is C17H18N2O2S. The lowest BCUT2D eigenvalue weighted by molar-refractivity contribution is -0.116. The predicted molar refractivity (Wildman–Crippen MR) is 90.7 cm³/mol. The van der Waals surface area contributed by atoms with E-state index in [0.717, 1.165) is 16.1 Å². The van der Waals surface area contributed by atoms with E-state index in [1.54, 1.807) is 17.4 Å². The van der Waals surface area contributed by atoms with Gasteiger partial charge in [-0.05, 0) is 42.8 Å². The van der Waals surface area contributed by atoms with E-state index in [1.807, 2.05) is 43.3 Å². The first-order chi connectivity index (χ1) is 10.5. The molecule has 1 aromatic carbocycles. The van der Waals surface area contributed by atoms with Gasteiger partial charge < -0.3 is 10.6 Å². The zero-order valence-electron chi connectivity index (χ0n) is 12.6. The molecule has 5 heteroatoms. The van der Waals surface area contributed by atoms with Crippen LogP contribution in [0.1, 0.15) is 22.2 Å². The zero-order valence-corrected chi connectivity index (χ0v) is 13.4. The molecule has 1 heterocycles. The molecule has 0 aliphatic heterocycles. The lowest BCUT2D eigenvalue weighted by atomic mass is 10.2. The molecule has 2 N–H and O–H groups in total. The van der Waals surface area contributed by atoms with Gasteiger partial charge in [-0.3, -0.25) is 9.59 Å². The third kappa shape index (κ3) is 5.18. The van der Waals surface area contributed by atoms with Crippen LogP contribution in [0.15, 0.2) is 42.5 Å². The van der Waals surface area contributed by atoms with Crippen molar-refractivity contribution in [1.82, 2.24) is 5.32 Å². The molecule has 0 spiro atoms. The number of thiophene rings is 1. The average molecular weight is 314 g/mol. The smallest absolute Gasteiger partial charge is 0.244 e. The Morgan fingerprint density at radius 2 is 2.05 bits per heavy atom. The molecule has 0 aliphatic carbocycles. The minimum Gasteiger partial charge on any atom is -0.348 e. The number of aryl methyl sites for hydroxylation is 1. The van der Waals surface area contributed by atoms with Crippen LogP contribution in [0.3, 0.4) is 0 Å². The highest BCUT2D eigenvalue weighted by atomic mass is 32.1. The summed E-state index contributed by atoms with van der Waals surface area (Å²) in [6, 6.07) is 11.4. The Balaban J connectivity index is 1.88. The van der Waals surface area contributed by atoms with Gasteiger partial charge in [-0.15, -0.1) is 11.3 Å². The van der Waals surface area contributed by atoms with Gasteiger partial charge in [0.05, 0.1) is 0 Å². The maximum Gasteiger partial charge on any atom is 0.244 e. The molecule has 0 unspecified atom stereocenters. The fraction of sp³-hybridized carbons (Fsp3) is 0.176. The van der Waals surface area contributed by atoms with Crippen LogP contribution in [-0.4, -0.2) is 11.8 Å². The van der Waals surface area contributed by atoms with Crippen LogP contribution in [-0.2, 0) is 16.1 Å². The second kappa shape index (κ2) is 7.56. The highest BCUT2D eigenvalue weighted by Gasteiger charge is 2.00. The number of benzene rings is 1. The summed E-state index contributed by atoms with van der Waals surface area (Å²) in [6.45, 7) is 3.91. The maximum absolute atomic E-state index is 11.8. The Bertz CT molecular complexity index is 704. The van der Waals surface area contributed by atoms with Crippen molar-refractivity contribution < 1.29 is 9.59 Å². The van der Waals surface area contributed by atoms with Crippen molar-refractivity contribution in [2.45, 2.75) is 20.4 Å². The summed E-state index contributed by atoms with van der Waals surface area (Å²) in [7, 11) is 0. The molecule has 0 fully saturated rings. The molecule has 4 nitrogen and oxygen atoms in total. The van der Waals surface area contributed by atoms with E-state index < -0.39 is 0 Å². The maximum atomic E-state index is 11.8. The summed E-state index contributed by atoms with van der Waals surface area (Å²) in [6.07, 6.45) is 3.34. The third-order valence-electron chi connectivity index (χ3n) is 2.87. The fourth-order valence-electron chi connectivity index (χ4n) is 1.91. The van der Waals surface area contributed by atoms with Gasteiger partial charge in [-0.1, -0.05) is 12.1 Å². The summed E-state index contributed by atoms with van der Waals surface area (Å²) in [5, 5.41) is 5.54. The molecule has 0 aliphatic rings. The van der Waals surface area contributed by atoms with Crippen LogP contribution in [0, 0.1) is 6.92 Å². The predicted octanol–water partition coefficient (Wildman–Crippen LogP) is 3.34. The summed E-state index contributed by atoms with van der Waals surface area (Å²) < 4.78 is 0. The van der Waals surface area contributed by atoms with E-state index in [-0.39, 0.29) is 11.8 Å². The summed E-state index contributed by atoms with van der Waals surface area (Å²) in [4.78, 5) is 25.1. The van der Waals surface area contributed by atoms with E-state index in [1.165, 1.54) is 17.9 Å². The van der Waals surface area contributed by atoms with Gasteiger partial charge in [0.2, 0.25) is 11.8 Å². The average Bonchev–Trinajstić information content (AvgIpc) is 2.88. The van der Waals surface area contributed by atoms with Gasteiger partial charge in [0.1, 0.15) is 0 Å². The van der Waals surface area contributed by atoms with E-state index in [9.17, 15) is 9.59 Å². The van der Waals surface area contributed by atoms with Crippen LogP contribution < -0.4 is 10.6 Å². The number of amides is 2. The third-order valence-corrected chi connectivity index (χ3v) is 3.84. The number of anilines is 1. The Morgan fingerprint density at radius 3 is 2.73 bits per heavy atom.